The van der Waals surface area contributed by atoms with E-state index in [2.05, 4.69) is 47.7 Å². The van der Waals surface area contributed by atoms with E-state index in [-0.39, 0.29) is 12.2 Å². The number of aromatic hydroxyl groups is 1. The summed E-state index contributed by atoms with van der Waals surface area (Å²) in [5, 5.41) is 16.0. The van der Waals surface area contributed by atoms with Crippen LogP contribution in [-0.2, 0) is 9.59 Å². The zero-order chi connectivity index (χ0) is 17.5. The first kappa shape index (κ1) is 18.2. The molecule has 0 spiro atoms. The molecule has 2 amide bonds. The fourth-order valence-corrected chi connectivity index (χ4v) is 2.97. The van der Waals surface area contributed by atoms with Crippen molar-refractivity contribution in [3.8, 4) is 5.75 Å². The van der Waals surface area contributed by atoms with Gasteiger partial charge in [-0.3, -0.25) is 9.59 Å². The van der Waals surface area contributed by atoms with Crippen molar-refractivity contribution in [3.05, 3.63) is 57.0 Å². The lowest BCUT2D eigenvalue weighted by atomic mass is 10.2. The predicted molar refractivity (Wildman–Crippen MR) is 98.9 cm³/mol. The van der Waals surface area contributed by atoms with Crippen molar-refractivity contribution in [1.29, 1.82) is 0 Å². The lowest BCUT2D eigenvalue weighted by molar-refractivity contribution is -0.126. The third-order valence-corrected chi connectivity index (χ3v) is 4.03. The van der Waals surface area contributed by atoms with Gasteiger partial charge in [-0.2, -0.15) is 5.10 Å². The Bertz CT molecular complexity index is 756. The monoisotopic (exact) mass is 453 g/mol. The van der Waals surface area contributed by atoms with Gasteiger partial charge in [-0.05, 0) is 61.7 Å². The largest absolute Gasteiger partial charge is 0.506 e. The fourth-order valence-electron chi connectivity index (χ4n) is 1.75. The molecule has 2 aromatic rings. The molecule has 2 rings (SSSR count). The number of rotatable bonds is 5. The Morgan fingerprint density at radius 2 is 1.71 bits per heavy atom. The highest BCUT2D eigenvalue weighted by molar-refractivity contribution is 9.11. The van der Waals surface area contributed by atoms with Gasteiger partial charge < -0.3 is 10.4 Å². The molecular weight excluding hydrogens is 442 g/mol. The lowest BCUT2D eigenvalue weighted by Gasteiger charge is -2.04. The summed E-state index contributed by atoms with van der Waals surface area (Å²) >= 11 is 6.40. The first-order chi connectivity index (χ1) is 11.5. The molecule has 0 unspecified atom stereocenters. The molecule has 0 bridgehead atoms. The second-order valence-corrected chi connectivity index (χ2v) is 6.43. The van der Waals surface area contributed by atoms with Crippen LogP contribution < -0.4 is 10.7 Å². The Labute approximate surface area is 155 Å². The highest BCUT2D eigenvalue weighted by Crippen LogP contribution is 2.32. The van der Waals surface area contributed by atoms with Gasteiger partial charge in [0, 0.05) is 5.69 Å². The Morgan fingerprint density at radius 3 is 2.33 bits per heavy atom. The normalized spacial score (nSPS) is 10.6. The molecule has 3 N–H and O–H groups in total. The number of nitrogens with one attached hydrogen (secondary N) is 2. The number of hydrogen-bond acceptors (Lipinski definition) is 4. The molecule has 0 saturated carbocycles. The van der Waals surface area contributed by atoms with Crippen molar-refractivity contribution >= 4 is 55.6 Å². The number of benzene rings is 2. The van der Waals surface area contributed by atoms with Gasteiger partial charge in [0.1, 0.15) is 12.2 Å². The molecule has 0 aliphatic rings. The molecule has 124 valence electrons. The maximum Gasteiger partial charge on any atom is 0.249 e. The lowest BCUT2D eigenvalue weighted by Crippen LogP contribution is -2.24. The number of halogens is 2. The number of hydrazone groups is 1. The highest BCUT2D eigenvalue weighted by Gasteiger charge is 2.09. The number of nitrogens with zero attached hydrogens (tertiary/aromatic N) is 1. The van der Waals surface area contributed by atoms with E-state index in [1.54, 1.807) is 36.4 Å². The first-order valence-electron chi connectivity index (χ1n) is 6.80. The van der Waals surface area contributed by atoms with Crippen LogP contribution >= 0.6 is 31.9 Å². The van der Waals surface area contributed by atoms with E-state index in [1.165, 1.54) is 6.21 Å². The predicted octanol–water partition coefficient (Wildman–Crippen LogP) is 3.40. The van der Waals surface area contributed by atoms with Crippen molar-refractivity contribution in [2.45, 2.75) is 6.42 Å². The summed E-state index contributed by atoms with van der Waals surface area (Å²) in [5.41, 5.74) is 3.55. The number of para-hydroxylation sites is 1. The standard InChI is InChI=1S/C16H13Br2N3O3/c17-12-6-10(7-13(18)16(12)24)9-19-21-15(23)8-14(22)20-11-4-2-1-3-5-11/h1-7,9,24H,8H2,(H,20,22)(H,21,23). The highest BCUT2D eigenvalue weighted by atomic mass is 79.9. The number of phenolic OH excluding ortho intramolecular Hbond substituents is 1. The third kappa shape index (κ3) is 5.47. The van der Waals surface area contributed by atoms with E-state index in [0.29, 0.717) is 20.2 Å². The van der Waals surface area contributed by atoms with Crippen molar-refractivity contribution < 1.29 is 14.7 Å². The molecule has 0 aliphatic carbocycles. The second-order valence-electron chi connectivity index (χ2n) is 4.72. The summed E-state index contributed by atoms with van der Waals surface area (Å²) in [5.74, 6) is -0.880. The zero-order valence-electron chi connectivity index (χ0n) is 12.3. The summed E-state index contributed by atoms with van der Waals surface area (Å²) in [6, 6.07) is 12.1. The summed E-state index contributed by atoms with van der Waals surface area (Å²) < 4.78 is 0.985. The van der Waals surface area contributed by atoms with Crippen LogP contribution in [0, 0.1) is 0 Å². The summed E-state index contributed by atoms with van der Waals surface area (Å²) in [6.07, 6.45) is 1.07. The quantitative estimate of drug-likeness (QED) is 0.367. The SMILES string of the molecule is O=C(CC(=O)Nc1ccccc1)NN=Cc1cc(Br)c(O)c(Br)c1. The maximum atomic E-state index is 11.7. The molecule has 0 radical (unpaired) electrons. The molecule has 0 atom stereocenters. The van der Waals surface area contributed by atoms with Crippen molar-refractivity contribution in [2.75, 3.05) is 5.32 Å². The van der Waals surface area contributed by atoms with Gasteiger partial charge in [-0.1, -0.05) is 18.2 Å². The molecule has 0 aromatic heterocycles. The van der Waals surface area contributed by atoms with E-state index < -0.39 is 11.8 Å². The average Bonchev–Trinajstić information content (AvgIpc) is 2.53. The van der Waals surface area contributed by atoms with E-state index in [9.17, 15) is 14.7 Å². The number of carbonyl (C=O) groups excluding carboxylic acids is 2. The van der Waals surface area contributed by atoms with Crippen LogP contribution in [0.2, 0.25) is 0 Å². The maximum absolute atomic E-state index is 11.7. The molecule has 24 heavy (non-hydrogen) atoms. The molecular formula is C16H13Br2N3O3. The molecule has 6 nitrogen and oxygen atoms in total. The summed E-state index contributed by atoms with van der Waals surface area (Å²) in [7, 11) is 0. The topological polar surface area (TPSA) is 90.8 Å². The van der Waals surface area contributed by atoms with E-state index in [1.807, 2.05) is 6.07 Å². The number of hydrogen-bond donors (Lipinski definition) is 3. The van der Waals surface area contributed by atoms with Gasteiger partial charge in [-0.25, -0.2) is 5.43 Å². The van der Waals surface area contributed by atoms with Crippen LogP contribution in [0.3, 0.4) is 0 Å². The van der Waals surface area contributed by atoms with Gasteiger partial charge in [0.05, 0.1) is 15.2 Å². The smallest absolute Gasteiger partial charge is 0.249 e. The average molecular weight is 455 g/mol. The Balaban J connectivity index is 1.85. The minimum atomic E-state index is -0.531. The van der Waals surface area contributed by atoms with Crippen molar-refractivity contribution in [2.24, 2.45) is 5.10 Å². The minimum Gasteiger partial charge on any atom is -0.506 e. The van der Waals surface area contributed by atoms with Gasteiger partial charge in [-0.15, -0.1) is 0 Å². The van der Waals surface area contributed by atoms with Crippen LogP contribution in [0.1, 0.15) is 12.0 Å². The van der Waals surface area contributed by atoms with Crippen LogP contribution in [0.5, 0.6) is 5.75 Å². The summed E-state index contributed by atoms with van der Waals surface area (Å²) in [6.45, 7) is 0. The van der Waals surface area contributed by atoms with E-state index in [0.717, 1.165) is 0 Å². The summed E-state index contributed by atoms with van der Waals surface area (Å²) in [4.78, 5) is 23.4. The van der Waals surface area contributed by atoms with Gasteiger partial charge >= 0.3 is 0 Å². The minimum absolute atomic E-state index is 0.0776. The van der Waals surface area contributed by atoms with Crippen LogP contribution in [0.15, 0.2) is 56.5 Å². The van der Waals surface area contributed by atoms with Gasteiger partial charge in [0.15, 0.2) is 0 Å². The van der Waals surface area contributed by atoms with Crippen molar-refractivity contribution in [3.63, 3.8) is 0 Å². The Morgan fingerprint density at radius 1 is 1.08 bits per heavy atom. The number of carbonyl (C=O) groups is 2. The molecule has 0 saturated heterocycles. The molecule has 8 heteroatoms. The van der Waals surface area contributed by atoms with E-state index >= 15 is 0 Å². The van der Waals surface area contributed by atoms with Crippen LogP contribution in [0.4, 0.5) is 5.69 Å². The van der Waals surface area contributed by atoms with E-state index in [4.69, 9.17) is 0 Å². The Kier molecular flexibility index (Phi) is 6.51. The van der Waals surface area contributed by atoms with Crippen LogP contribution in [-0.4, -0.2) is 23.1 Å². The number of amides is 2. The second kappa shape index (κ2) is 8.60. The number of phenols is 1. The molecule has 2 aromatic carbocycles. The molecule has 0 heterocycles. The molecule has 0 fully saturated rings. The van der Waals surface area contributed by atoms with Crippen molar-refractivity contribution in [1.82, 2.24) is 5.43 Å². The molecule has 0 aliphatic heterocycles. The van der Waals surface area contributed by atoms with Gasteiger partial charge in [0.25, 0.3) is 0 Å². The fraction of sp³-hybridized carbons (Fsp3) is 0.0625. The van der Waals surface area contributed by atoms with Gasteiger partial charge in [0.2, 0.25) is 11.8 Å². The Hall–Kier alpha value is -2.19. The van der Waals surface area contributed by atoms with Crippen LogP contribution in [0.25, 0.3) is 0 Å². The first-order valence-corrected chi connectivity index (χ1v) is 8.39. The zero-order valence-corrected chi connectivity index (χ0v) is 15.5. The number of anilines is 1. The third-order valence-electron chi connectivity index (χ3n) is 2.82.